The maximum Gasteiger partial charge on any atom is 0.248 e. The van der Waals surface area contributed by atoms with E-state index in [1.54, 1.807) is 18.5 Å². The molecule has 0 bridgehead atoms. The third kappa shape index (κ3) is 2.95. The Labute approximate surface area is 144 Å². The van der Waals surface area contributed by atoms with E-state index in [-0.39, 0.29) is 0 Å². The standard InChI is InChI=1S/C20H16N4O/c21-20(25)14-9-13(17-4-1-5-19-18(17)6-8-23-19)10-16(11-14)24-15-3-2-7-22-12-15/h1-12,23-24H,(H2,21,25). The van der Waals surface area contributed by atoms with E-state index >= 15 is 0 Å². The highest BCUT2D eigenvalue weighted by molar-refractivity contribution is 5.99. The normalized spacial score (nSPS) is 10.7. The minimum atomic E-state index is -0.461. The van der Waals surface area contributed by atoms with Crippen molar-refractivity contribution >= 4 is 28.2 Å². The van der Waals surface area contributed by atoms with Crippen LogP contribution in [-0.2, 0) is 0 Å². The van der Waals surface area contributed by atoms with E-state index in [4.69, 9.17) is 5.73 Å². The maximum atomic E-state index is 11.8. The minimum absolute atomic E-state index is 0.455. The number of hydrogen-bond donors (Lipinski definition) is 3. The summed E-state index contributed by atoms with van der Waals surface area (Å²) in [5.41, 5.74) is 10.6. The molecule has 0 spiro atoms. The first kappa shape index (κ1) is 15.0. The van der Waals surface area contributed by atoms with Gasteiger partial charge in [0.05, 0.1) is 11.9 Å². The van der Waals surface area contributed by atoms with Crippen LogP contribution >= 0.6 is 0 Å². The molecule has 0 unspecified atom stereocenters. The summed E-state index contributed by atoms with van der Waals surface area (Å²) < 4.78 is 0. The van der Waals surface area contributed by atoms with E-state index in [1.165, 1.54) is 0 Å². The Balaban J connectivity index is 1.85. The zero-order valence-corrected chi connectivity index (χ0v) is 13.4. The monoisotopic (exact) mass is 328 g/mol. The number of primary amides is 1. The summed E-state index contributed by atoms with van der Waals surface area (Å²) in [6.07, 6.45) is 5.34. The SMILES string of the molecule is NC(=O)c1cc(Nc2cccnc2)cc(-c2cccc3[nH]ccc23)c1. The molecule has 0 radical (unpaired) electrons. The van der Waals surface area contributed by atoms with Crippen molar-refractivity contribution in [3.05, 3.63) is 78.8 Å². The van der Waals surface area contributed by atoms with Gasteiger partial charge in [0.15, 0.2) is 0 Å². The van der Waals surface area contributed by atoms with Crippen molar-refractivity contribution in [3.63, 3.8) is 0 Å². The molecule has 25 heavy (non-hydrogen) atoms. The number of aromatic amines is 1. The van der Waals surface area contributed by atoms with Gasteiger partial charge in [-0.2, -0.15) is 0 Å². The zero-order valence-electron chi connectivity index (χ0n) is 13.4. The van der Waals surface area contributed by atoms with Crippen LogP contribution in [0.1, 0.15) is 10.4 Å². The number of H-pyrrole nitrogens is 1. The Hall–Kier alpha value is -3.60. The van der Waals surface area contributed by atoms with Crippen molar-refractivity contribution < 1.29 is 4.79 Å². The third-order valence-electron chi connectivity index (χ3n) is 4.07. The van der Waals surface area contributed by atoms with Gasteiger partial charge in [-0.05, 0) is 53.6 Å². The van der Waals surface area contributed by atoms with E-state index in [2.05, 4.69) is 15.3 Å². The summed E-state index contributed by atoms with van der Waals surface area (Å²) in [5.74, 6) is -0.461. The fourth-order valence-electron chi connectivity index (χ4n) is 2.94. The lowest BCUT2D eigenvalue weighted by atomic mass is 9.98. The number of hydrogen-bond acceptors (Lipinski definition) is 3. The number of rotatable bonds is 4. The van der Waals surface area contributed by atoms with Gasteiger partial charge in [-0.3, -0.25) is 9.78 Å². The molecule has 0 atom stereocenters. The van der Waals surface area contributed by atoms with Crippen molar-refractivity contribution in [2.24, 2.45) is 5.73 Å². The lowest BCUT2D eigenvalue weighted by molar-refractivity contribution is 0.100. The van der Waals surface area contributed by atoms with Crippen LogP contribution in [0.3, 0.4) is 0 Å². The quantitative estimate of drug-likeness (QED) is 0.528. The second-order valence-electron chi connectivity index (χ2n) is 5.77. The van der Waals surface area contributed by atoms with Gasteiger partial charge in [0.25, 0.3) is 0 Å². The second kappa shape index (κ2) is 6.13. The van der Waals surface area contributed by atoms with Gasteiger partial charge in [0, 0.05) is 34.5 Å². The van der Waals surface area contributed by atoms with Crippen LogP contribution in [-0.4, -0.2) is 15.9 Å². The van der Waals surface area contributed by atoms with Crippen LogP contribution in [0.5, 0.6) is 0 Å². The summed E-state index contributed by atoms with van der Waals surface area (Å²) in [6, 6.07) is 17.4. The van der Waals surface area contributed by atoms with Crippen molar-refractivity contribution in [1.82, 2.24) is 9.97 Å². The number of nitrogens with zero attached hydrogens (tertiary/aromatic N) is 1. The van der Waals surface area contributed by atoms with Gasteiger partial charge >= 0.3 is 0 Å². The lowest BCUT2D eigenvalue weighted by Gasteiger charge is -2.11. The van der Waals surface area contributed by atoms with Crippen molar-refractivity contribution in [1.29, 1.82) is 0 Å². The fourth-order valence-corrected chi connectivity index (χ4v) is 2.94. The van der Waals surface area contributed by atoms with Crippen LogP contribution in [0.15, 0.2) is 73.2 Å². The third-order valence-corrected chi connectivity index (χ3v) is 4.07. The molecule has 0 aliphatic rings. The topological polar surface area (TPSA) is 83.8 Å². The summed E-state index contributed by atoms with van der Waals surface area (Å²) >= 11 is 0. The molecule has 4 aromatic rings. The van der Waals surface area contributed by atoms with Gasteiger partial charge in [-0.15, -0.1) is 0 Å². The largest absolute Gasteiger partial charge is 0.366 e. The van der Waals surface area contributed by atoms with Crippen molar-refractivity contribution in [2.45, 2.75) is 0 Å². The fraction of sp³-hybridized carbons (Fsp3) is 0. The molecule has 4 N–H and O–H groups in total. The molecular formula is C20H16N4O. The molecule has 0 fully saturated rings. The number of nitrogens with one attached hydrogen (secondary N) is 2. The summed E-state index contributed by atoms with van der Waals surface area (Å²) in [4.78, 5) is 19.1. The Morgan fingerprint density at radius 2 is 1.96 bits per heavy atom. The maximum absolute atomic E-state index is 11.8. The predicted octanol–water partition coefficient (Wildman–Crippen LogP) is 4.07. The van der Waals surface area contributed by atoms with Gasteiger partial charge in [0.2, 0.25) is 5.91 Å². The number of anilines is 2. The minimum Gasteiger partial charge on any atom is -0.366 e. The molecule has 5 nitrogen and oxygen atoms in total. The van der Waals surface area contributed by atoms with Crippen LogP contribution < -0.4 is 11.1 Å². The van der Waals surface area contributed by atoms with Crippen molar-refractivity contribution in [2.75, 3.05) is 5.32 Å². The molecule has 4 rings (SSSR count). The molecule has 0 aliphatic carbocycles. The highest BCUT2D eigenvalue weighted by Crippen LogP contribution is 2.31. The van der Waals surface area contributed by atoms with Crippen LogP contribution in [0.4, 0.5) is 11.4 Å². The highest BCUT2D eigenvalue weighted by Gasteiger charge is 2.10. The summed E-state index contributed by atoms with van der Waals surface area (Å²) in [7, 11) is 0. The van der Waals surface area contributed by atoms with E-state index < -0.39 is 5.91 Å². The van der Waals surface area contributed by atoms with Crippen LogP contribution in [0.2, 0.25) is 0 Å². The molecule has 0 aliphatic heterocycles. The zero-order chi connectivity index (χ0) is 17.2. The van der Waals surface area contributed by atoms with Gasteiger partial charge in [-0.1, -0.05) is 12.1 Å². The molecule has 122 valence electrons. The Morgan fingerprint density at radius 1 is 1.04 bits per heavy atom. The number of carbonyl (C=O) groups is 1. The number of benzene rings is 2. The molecule has 2 aromatic carbocycles. The molecule has 1 amide bonds. The van der Waals surface area contributed by atoms with Crippen molar-refractivity contribution in [3.8, 4) is 11.1 Å². The van der Waals surface area contributed by atoms with Crippen LogP contribution in [0.25, 0.3) is 22.0 Å². The van der Waals surface area contributed by atoms with Gasteiger partial charge in [-0.25, -0.2) is 0 Å². The number of amides is 1. The number of nitrogens with two attached hydrogens (primary N) is 1. The molecule has 0 saturated carbocycles. The number of fused-ring (bicyclic) bond motifs is 1. The number of carbonyl (C=O) groups excluding carboxylic acids is 1. The Morgan fingerprint density at radius 3 is 2.76 bits per heavy atom. The Bertz CT molecular complexity index is 1050. The average molecular weight is 328 g/mol. The summed E-state index contributed by atoms with van der Waals surface area (Å²) in [6.45, 7) is 0. The first-order valence-corrected chi connectivity index (χ1v) is 7.89. The van der Waals surface area contributed by atoms with Crippen LogP contribution in [0, 0.1) is 0 Å². The van der Waals surface area contributed by atoms with E-state index in [9.17, 15) is 4.79 Å². The molecule has 2 heterocycles. The molecule has 0 saturated heterocycles. The molecule has 2 aromatic heterocycles. The predicted molar refractivity (Wildman–Crippen MR) is 99.8 cm³/mol. The number of pyridine rings is 1. The van der Waals surface area contributed by atoms with E-state index in [1.807, 2.05) is 54.7 Å². The van der Waals surface area contributed by atoms with E-state index in [0.717, 1.165) is 33.4 Å². The van der Waals surface area contributed by atoms with Gasteiger partial charge < -0.3 is 16.0 Å². The molecule has 5 heteroatoms. The first-order chi connectivity index (χ1) is 12.2. The van der Waals surface area contributed by atoms with E-state index in [0.29, 0.717) is 5.56 Å². The van der Waals surface area contributed by atoms with Gasteiger partial charge in [0.1, 0.15) is 0 Å². The smallest absolute Gasteiger partial charge is 0.248 e. The number of aromatic nitrogens is 2. The average Bonchev–Trinajstić information content (AvgIpc) is 3.11. The summed E-state index contributed by atoms with van der Waals surface area (Å²) in [5, 5.41) is 4.37. The molecular weight excluding hydrogens is 312 g/mol. The second-order valence-corrected chi connectivity index (χ2v) is 5.77. The Kier molecular flexibility index (Phi) is 3.67. The lowest BCUT2D eigenvalue weighted by Crippen LogP contribution is -2.11. The first-order valence-electron chi connectivity index (χ1n) is 7.89. The highest BCUT2D eigenvalue weighted by atomic mass is 16.1.